The molecule has 0 spiro atoms. The highest BCUT2D eigenvalue weighted by Crippen LogP contribution is 2.15. The molecule has 1 N–H and O–H groups in total. The van der Waals surface area contributed by atoms with Gasteiger partial charge in [0.05, 0.1) is 5.60 Å². The summed E-state index contributed by atoms with van der Waals surface area (Å²) in [7, 11) is 0. The lowest BCUT2D eigenvalue weighted by molar-refractivity contribution is -0.116. The van der Waals surface area contributed by atoms with Crippen molar-refractivity contribution in [3.63, 3.8) is 0 Å². The molecule has 0 heterocycles. The molecular weight excluding hydrogens is 214 g/mol. The third kappa shape index (κ3) is 10.1. The minimum Gasteiger partial charge on any atom is -0.375 e. The fourth-order valence-electron chi connectivity index (χ4n) is 1.34. The molecule has 0 saturated carbocycles. The lowest BCUT2D eigenvalue weighted by Crippen LogP contribution is -2.32. The van der Waals surface area contributed by atoms with Crippen molar-refractivity contribution in [3.05, 3.63) is 12.2 Å². The summed E-state index contributed by atoms with van der Waals surface area (Å²) in [5.74, 6) is 0.630. The molecule has 0 saturated heterocycles. The Balaban J connectivity index is 3.73. The molecule has 0 aliphatic carbocycles. The second-order valence-corrected chi connectivity index (χ2v) is 5.33. The van der Waals surface area contributed by atoms with Crippen LogP contribution >= 0.6 is 0 Å². The number of amides is 1. The fraction of sp³-hybridized carbons (Fsp3) is 0.786. The average molecular weight is 241 g/mol. The van der Waals surface area contributed by atoms with Gasteiger partial charge in [-0.15, -0.1) is 0 Å². The van der Waals surface area contributed by atoms with Crippen LogP contribution in [0, 0.1) is 5.92 Å². The van der Waals surface area contributed by atoms with E-state index in [-0.39, 0.29) is 11.5 Å². The molecule has 0 aliphatic heterocycles. The Morgan fingerprint density at radius 2 is 2.06 bits per heavy atom. The average Bonchev–Trinajstić information content (AvgIpc) is 2.16. The van der Waals surface area contributed by atoms with Gasteiger partial charge in [-0.25, -0.2) is 0 Å². The molecule has 0 atom stereocenters. The first-order valence-corrected chi connectivity index (χ1v) is 6.42. The van der Waals surface area contributed by atoms with Crippen molar-refractivity contribution in [1.82, 2.24) is 5.32 Å². The van der Waals surface area contributed by atoms with E-state index < -0.39 is 0 Å². The maximum atomic E-state index is 11.2. The van der Waals surface area contributed by atoms with Crippen LogP contribution in [0.15, 0.2) is 12.2 Å². The van der Waals surface area contributed by atoms with Gasteiger partial charge >= 0.3 is 0 Å². The summed E-state index contributed by atoms with van der Waals surface area (Å²) in [6, 6.07) is 0. The standard InChI is InChI=1S/C14H27NO2/c1-6-7-13(16)15-10-9-14(4,5)17-11-8-12(2)3/h6-7,12H,8-11H2,1-5H3,(H,15,16)/b7-6+. The van der Waals surface area contributed by atoms with Crippen LogP contribution in [-0.2, 0) is 9.53 Å². The van der Waals surface area contributed by atoms with E-state index in [1.165, 1.54) is 6.08 Å². The van der Waals surface area contributed by atoms with Crippen molar-refractivity contribution >= 4 is 5.91 Å². The zero-order chi connectivity index (χ0) is 13.3. The first-order valence-electron chi connectivity index (χ1n) is 6.42. The monoisotopic (exact) mass is 241 g/mol. The van der Waals surface area contributed by atoms with Crippen molar-refractivity contribution in [2.75, 3.05) is 13.2 Å². The summed E-state index contributed by atoms with van der Waals surface area (Å²) in [5, 5.41) is 2.83. The second-order valence-electron chi connectivity index (χ2n) is 5.33. The van der Waals surface area contributed by atoms with E-state index >= 15 is 0 Å². The van der Waals surface area contributed by atoms with Gasteiger partial charge in [0.15, 0.2) is 0 Å². The van der Waals surface area contributed by atoms with Gasteiger partial charge < -0.3 is 10.1 Å². The SMILES string of the molecule is C/C=C/C(=O)NCCC(C)(C)OCCC(C)C. The van der Waals surface area contributed by atoms with Gasteiger partial charge in [0.1, 0.15) is 0 Å². The Bertz CT molecular complexity index is 245. The van der Waals surface area contributed by atoms with E-state index in [0.717, 1.165) is 19.4 Å². The summed E-state index contributed by atoms with van der Waals surface area (Å²) >= 11 is 0. The van der Waals surface area contributed by atoms with Crippen LogP contribution in [0.25, 0.3) is 0 Å². The molecule has 0 unspecified atom stereocenters. The Morgan fingerprint density at radius 1 is 1.41 bits per heavy atom. The van der Waals surface area contributed by atoms with Gasteiger partial charge in [-0.1, -0.05) is 19.9 Å². The quantitative estimate of drug-likeness (QED) is 0.664. The first kappa shape index (κ1) is 16.2. The summed E-state index contributed by atoms with van der Waals surface area (Å²) in [4.78, 5) is 11.2. The maximum Gasteiger partial charge on any atom is 0.243 e. The van der Waals surface area contributed by atoms with E-state index in [0.29, 0.717) is 12.5 Å². The molecule has 3 heteroatoms. The highest BCUT2D eigenvalue weighted by atomic mass is 16.5. The van der Waals surface area contributed by atoms with Gasteiger partial charge in [0, 0.05) is 13.2 Å². The number of hydrogen-bond acceptors (Lipinski definition) is 2. The molecule has 0 radical (unpaired) electrons. The van der Waals surface area contributed by atoms with Crippen LogP contribution in [0.4, 0.5) is 0 Å². The molecule has 100 valence electrons. The maximum absolute atomic E-state index is 11.2. The predicted octanol–water partition coefficient (Wildman–Crippen LogP) is 2.91. The van der Waals surface area contributed by atoms with Gasteiger partial charge in [-0.05, 0) is 45.6 Å². The van der Waals surface area contributed by atoms with Crippen LogP contribution in [0.3, 0.4) is 0 Å². The minimum absolute atomic E-state index is 0.0366. The van der Waals surface area contributed by atoms with Crippen LogP contribution in [-0.4, -0.2) is 24.7 Å². The highest BCUT2D eigenvalue weighted by molar-refractivity contribution is 5.87. The first-order chi connectivity index (χ1) is 7.87. The number of carbonyl (C=O) groups excluding carboxylic acids is 1. The molecule has 0 rings (SSSR count). The Morgan fingerprint density at radius 3 is 2.59 bits per heavy atom. The van der Waals surface area contributed by atoms with E-state index in [1.54, 1.807) is 6.08 Å². The summed E-state index contributed by atoms with van der Waals surface area (Å²) in [6.45, 7) is 11.8. The second kappa shape index (κ2) is 8.29. The molecule has 0 aliphatic rings. The molecule has 0 fully saturated rings. The molecule has 1 amide bonds. The van der Waals surface area contributed by atoms with Gasteiger partial charge in [0.2, 0.25) is 5.91 Å². The summed E-state index contributed by atoms with van der Waals surface area (Å²) < 4.78 is 5.81. The van der Waals surface area contributed by atoms with Gasteiger partial charge in [0.25, 0.3) is 0 Å². The molecule has 0 bridgehead atoms. The molecule has 0 aromatic heterocycles. The van der Waals surface area contributed by atoms with Gasteiger partial charge in [-0.2, -0.15) is 0 Å². The van der Waals surface area contributed by atoms with E-state index in [2.05, 4.69) is 33.0 Å². The smallest absolute Gasteiger partial charge is 0.243 e. The molecule has 3 nitrogen and oxygen atoms in total. The van der Waals surface area contributed by atoms with Crippen LogP contribution in [0.1, 0.15) is 47.5 Å². The normalized spacial score (nSPS) is 12.4. The van der Waals surface area contributed by atoms with Crippen molar-refractivity contribution < 1.29 is 9.53 Å². The number of nitrogens with one attached hydrogen (secondary N) is 1. The third-order valence-electron chi connectivity index (χ3n) is 2.53. The third-order valence-corrected chi connectivity index (χ3v) is 2.53. The summed E-state index contributed by atoms with van der Waals surface area (Å²) in [6.07, 6.45) is 5.18. The Labute approximate surface area is 106 Å². The highest BCUT2D eigenvalue weighted by Gasteiger charge is 2.18. The van der Waals surface area contributed by atoms with E-state index in [9.17, 15) is 4.79 Å². The van der Waals surface area contributed by atoms with E-state index in [1.807, 2.05) is 6.92 Å². The molecule has 17 heavy (non-hydrogen) atoms. The van der Waals surface area contributed by atoms with Crippen molar-refractivity contribution in [3.8, 4) is 0 Å². The zero-order valence-electron chi connectivity index (χ0n) is 11.9. The minimum atomic E-state index is -0.169. The summed E-state index contributed by atoms with van der Waals surface area (Å²) in [5.41, 5.74) is -0.169. The predicted molar refractivity (Wildman–Crippen MR) is 71.9 cm³/mol. The van der Waals surface area contributed by atoms with Crippen LogP contribution < -0.4 is 5.32 Å². The Hall–Kier alpha value is -0.830. The number of hydrogen-bond donors (Lipinski definition) is 1. The number of allylic oxidation sites excluding steroid dienone is 1. The number of ether oxygens (including phenoxy) is 1. The number of carbonyl (C=O) groups is 1. The number of rotatable bonds is 8. The lowest BCUT2D eigenvalue weighted by Gasteiger charge is -2.25. The lowest BCUT2D eigenvalue weighted by atomic mass is 10.0. The Kier molecular flexibility index (Phi) is 7.88. The van der Waals surface area contributed by atoms with Crippen molar-refractivity contribution in [2.45, 2.75) is 53.1 Å². The topological polar surface area (TPSA) is 38.3 Å². The zero-order valence-corrected chi connectivity index (χ0v) is 11.9. The largest absolute Gasteiger partial charge is 0.375 e. The van der Waals surface area contributed by atoms with Gasteiger partial charge in [-0.3, -0.25) is 4.79 Å². The molecule has 0 aromatic rings. The van der Waals surface area contributed by atoms with E-state index in [4.69, 9.17) is 4.74 Å². The van der Waals surface area contributed by atoms with Crippen LogP contribution in [0.5, 0.6) is 0 Å². The van der Waals surface area contributed by atoms with Crippen molar-refractivity contribution in [2.24, 2.45) is 5.92 Å². The fourth-order valence-corrected chi connectivity index (χ4v) is 1.34. The molecule has 0 aromatic carbocycles. The van der Waals surface area contributed by atoms with Crippen molar-refractivity contribution in [1.29, 1.82) is 0 Å². The van der Waals surface area contributed by atoms with Crippen LogP contribution in [0.2, 0.25) is 0 Å². The molecular formula is C14H27NO2.